The first-order chi connectivity index (χ1) is 8.26. The van der Waals surface area contributed by atoms with E-state index in [1.54, 1.807) is 0 Å². The van der Waals surface area contributed by atoms with Gasteiger partial charge in [-0.3, -0.25) is 20.0 Å². The van der Waals surface area contributed by atoms with Crippen LogP contribution in [0.2, 0.25) is 0 Å². The van der Waals surface area contributed by atoms with Crippen molar-refractivity contribution in [1.29, 1.82) is 0 Å². The van der Waals surface area contributed by atoms with Gasteiger partial charge in [0, 0.05) is 19.1 Å². The van der Waals surface area contributed by atoms with Gasteiger partial charge in [-0.05, 0) is 38.8 Å². The largest absolute Gasteiger partial charge is 0.299 e. The topological polar surface area (TPSA) is 61.6 Å². The summed E-state index contributed by atoms with van der Waals surface area (Å²) in [6, 6.07) is 0.602. The lowest BCUT2D eigenvalue weighted by Crippen LogP contribution is -2.49. The molecule has 98 valence electrons. The third-order valence-corrected chi connectivity index (χ3v) is 4.12. The highest BCUT2D eigenvalue weighted by Gasteiger charge is 2.34. The number of likely N-dealkylation sites (tertiary alicyclic amines) is 2. The summed E-state index contributed by atoms with van der Waals surface area (Å²) >= 11 is 0. The molecule has 2 unspecified atom stereocenters. The molecule has 2 heterocycles. The van der Waals surface area contributed by atoms with Crippen LogP contribution in [0.5, 0.6) is 0 Å². The van der Waals surface area contributed by atoms with Crippen LogP contribution in [0.25, 0.3) is 0 Å². The van der Waals surface area contributed by atoms with E-state index in [4.69, 9.17) is 5.84 Å². The molecule has 0 aromatic carbocycles. The normalized spacial score (nSPS) is 28.5. The van der Waals surface area contributed by atoms with Gasteiger partial charge in [-0.25, -0.2) is 5.84 Å². The van der Waals surface area contributed by atoms with Gasteiger partial charge in [0.1, 0.15) is 0 Å². The summed E-state index contributed by atoms with van der Waals surface area (Å²) in [7, 11) is 0. The molecule has 2 rings (SSSR count). The SMILES string of the molecule is CCC(C(=O)NN)N1CCC(N2CCCC2)C1. The minimum absolute atomic E-state index is 0.0467. The fourth-order valence-corrected chi connectivity index (χ4v) is 3.16. The Morgan fingerprint density at radius 1 is 1.41 bits per heavy atom. The molecule has 0 aliphatic carbocycles. The van der Waals surface area contributed by atoms with E-state index in [1.807, 2.05) is 6.92 Å². The Morgan fingerprint density at radius 3 is 2.71 bits per heavy atom. The molecule has 0 bridgehead atoms. The Bertz CT molecular complexity index is 265. The first kappa shape index (κ1) is 12.8. The van der Waals surface area contributed by atoms with Crippen LogP contribution in [0.1, 0.15) is 32.6 Å². The fourth-order valence-electron chi connectivity index (χ4n) is 3.16. The highest BCUT2D eigenvalue weighted by atomic mass is 16.2. The summed E-state index contributed by atoms with van der Waals surface area (Å²) in [5.74, 6) is 5.19. The lowest BCUT2D eigenvalue weighted by Gasteiger charge is -2.27. The zero-order chi connectivity index (χ0) is 12.3. The van der Waals surface area contributed by atoms with Crippen LogP contribution >= 0.6 is 0 Å². The number of amides is 1. The number of carbonyl (C=O) groups is 1. The van der Waals surface area contributed by atoms with Crippen molar-refractivity contribution in [1.82, 2.24) is 15.2 Å². The van der Waals surface area contributed by atoms with Gasteiger partial charge in [0.15, 0.2) is 0 Å². The maximum atomic E-state index is 11.7. The van der Waals surface area contributed by atoms with Gasteiger partial charge in [-0.1, -0.05) is 6.92 Å². The summed E-state index contributed by atoms with van der Waals surface area (Å²) in [5, 5.41) is 0. The van der Waals surface area contributed by atoms with Crippen molar-refractivity contribution < 1.29 is 4.79 Å². The number of nitrogens with zero attached hydrogens (tertiary/aromatic N) is 2. The van der Waals surface area contributed by atoms with Crippen LogP contribution in [0.15, 0.2) is 0 Å². The minimum atomic E-state index is -0.0485. The van der Waals surface area contributed by atoms with Crippen molar-refractivity contribution in [2.24, 2.45) is 5.84 Å². The molecule has 2 aliphatic rings. The molecule has 0 spiro atoms. The number of hydrogen-bond acceptors (Lipinski definition) is 4. The molecule has 17 heavy (non-hydrogen) atoms. The molecule has 2 atom stereocenters. The van der Waals surface area contributed by atoms with Gasteiger partial charge < -0.3 is 0 Å². The second-order valence-electron chi connectivity index (χ2n) is 5.11. The van der Waals surface area contributed by atoms with Crippen molar-refractivity contribution in [3.05, 3.63) is 0 Å². The van der Waals surface area contributed by atoms with E-state index < -0.39 is 0 Å². The summed E-state index contributed by atoms with van der Waals surface area (Å²) in [5.41, 5.74) is 2.28. The third kappa shape index (κ3) is 2.78. The van der Waals surface area contributed by atoms with Crippen LogP contribution in [0, 0.1) is 0 Å². The van der Waals surface area contributed by atoms with Crippen molar-refractivity contribution in [3.63, 3.8) is 0 Å². The zero-order valence-corrected chi connectivity index (χ0v) is 10.7. The first-order valence-electron chi connectivity index (χ1n) is 6.74. The second kappa shape index (κ2) is 5.80. The highest BCUT2D eigenvalue weighted by molar-refractivity contribution is 5.81. The monoisotopic (exact) mass is 240 g/mol. The molecule has 0 radical (unpaired) electrons. The quantitative estimate of drug-likeness (QED) is 0.410. The number of hydrogen-bond donors (Lipinski definition) is 2. The average Bonchev–Trinajstić information content (AvgIpc) is 2.99. The highest BCUT2D eigenvalue weighted by Crippen LogP contribution is 2.22. The molecule has 0 aromatic rings. The Labute approximate surface area is 103 Å². The van der Waals surface area contributed by atoms with Crippen molar-refractivity contribution in [3.8, 4) is 0 Å². The standard InChI is InChI=1S/C12H24N4O/c1-2-11(12(17)14-13)16-8-5-10(9-16)15-6-3-4-7-15/h10-11H,2-9,13H2,1H3,(H,14,17). The summed E-state index contributed by atoms with van der Waals surface area (Å²) in [6.07, 6.45) is 4.68. The minimum Gasteiger partial charge on any atom is -0.299 e. The number of carbonyl (C=O) groups excluding carboxylic acids is 1. The zero-order valence-electron chi connectivity index (χ0n) is 10.7. The van der Waals surface area contributed by atoms with Crippen LogP contribution < -0.4 is 11.3 Å². The molecule has 0 saturated carbocycles. The van der Waals surface area contributed by atoms with Crippen molar-refractivity contribution in [2.75, 3.05) is 26.2 Å². The van der Waals surface area contributed by atoms with Crippen LogP contribution in [-0.2, 0) is 4.79 Å². The first-order valence-corrected chi connectivity index (χ1v) is 6.74. The molecule has 3 N–H and O–H groups in total. The molecular weight excluding hydrogens is 216 g/mol. The average molecular weight is 240 g/mol. The van der Waals surface area contributed by atoms with E-state index in [9.17, 15) is 4.79 Å². The van der Waals surface area contributed by atoms with E-state index in [-0.39, 0.29) is 11.9 Å². The Kier molecular flexibility index (Phi) is 4.36. The van der Waals surface area contributed by atoms with Gasteiger partial charge >= 0.3 is 0 Å². The van der Waals surface area contributed by atoms with E-state index in [1.165, 1.54) is 32.4 Å². The Hall–Kier alpha value is -0.650. The molecule has 5 nitrogen and oxygen atoms in total. The number of rotatable bonds is 4. The van der Waals surface area contributed by atoms with Crippen molar-refractivity contribution in [2.45, 2.75) is 44.7 Å². The predicted octanol–water partition coefficient (Wildman–Crippen LogP) is -0.0750. The Balaban J connectivity index is 1.89. The molecular formula is C12H24N4O. The second-order valence-corrected chi connectivity index (χ2v) is 5.11. The maximum Gasteiger partial charge on any atom is 0.251 e. The van der Waals surface area contributed by atoms with E-state index in [2.05, 4.69) is 15.2 Å². The summed E-state index contributed by atoms with van der Waals surface area (Å²) in [6.45, 7) is 6.55. The smallest absolute Gasteiger partial charge is 0.251 e. The predicted molar refractivity (Wildman–Crippen MR) is 67.2 cm³/mol. The molecule has 1 amide bonds. The van der Waals surface area contributed by atoms with E-state index in [0.717, 1.165) is 19.5 Å². The molecule has 2 aliphatic heterocycles. The third-order valence-electron chi connectivity index (χ3n) is 4.12. The van der Waals surface area contributed by atoms with Gasteiger partial charge in [0.05, 0.1) is 6.04 Å². The Morgan fingerprint density at radius 2 is 2.12 bits per heavy atom. The fraction of sp³-hybridized carbons (Fsp3) is 0.917. The number of hydrazine groups is 1. The molecule has 0 aromatic heterocycles. The van der Waals surface area contributed by atoms with Gasteiger partial charge in [0.2, 0.25) is 0 Å². The maximum absolute atomic E-state index is 11.7. The molecule has 2 fully saturated rings. The summed E-state index contributed by atoms with van der Waals surface area (Å²) in [4.78, 5) is 16.5. The number of nitrogens with one attached hydrogen (secondary N) is 1. The van der Waals surface area contributed by atoms with Crippen LogP contribution in [0.4, 0.5) is 0 Å². The lowest BCUT2D eigenvalue weighted by atomic mass is 10.2. The van der Waals surface area contributed by atoms with Gasteiger partial charge in [-0.2, -0.15) is 0 Å². The van der Waals surface area contributed by atoms with E-state index in [0.29, 0.717) is 6.04 Å². The van der Waals surface area contributed by atoms with Gasteiger partial charge in [0.25, 0.3) is 5.91 Å². The van der Waals surface area contributed by atoms with Crippen molar-refractivity contribution >= 4 is 5.91 Å². The lowest BCUT2D eigenvalue weighted by molar-refractivity contribution is -0.126. The van der Waals surface area contributed by atoms with Crippen LogP contribution in [-0.4, -0.2) is 54.0 Å². The van der Waals surface area contributed by atoms with Gasteiger partial charge in [-0.15, -0.1) is 0 Å². The summed E-state index contributed by atoms with van der Waals surface area (Å²) < 4.78 is 0. The number of nitrogens with two attached hydrogens (primary N) is 1. The molecule has 2 saturated heterocycles. The van der Waals surface area contributed by atoms with E-state index >= 15 is 0 Å². The molecule has 5 heteroatoms. The van der Waals surface area contributed by atoms with Crippen LogP contribution in [0.3, 0.4) is 0 Å².